The van der Waals surface area contributed by atoms with Crippen LogP contribution in [-0.4, -0.2) is 21.9 Å². The van der Waals surface area contributed by atoms with Crippen LogP contribution in [0.25, 0.3) is 11.5 Å². The SMILES string of the molecule is O=C(CSc1nnc(-c2ccc(F)cc2)o1)N1c2ccccc2Sc2ccccc21. The van der Waals surface area contributed by atoms with Gasteiger partial charge in [-0.25, -0.2) is 4.39 Å². The smallest absolute Gasteiger partial charge is 0.277 e. The summed E-state index contributed by atoms with van der Waals surface area (Å²) in [6, 6.07) is 21.5. The van der Waals surface area contributed by atoms with Gasteiger partial charge in [-0.2, -0.15) is 0 Å². The van der Waals surface area contributed by atoms with E-state index in [1.165, 1.54) is 23.9 Å². The molecule has 1 amide bonds. The van der Waals surface area contributed by atoms with Crippen LogP contribution in [0.4, 0.5) is 15.8 Å². The summed E-state index contributed by atoms with van der Waals surface area (Å²) in [7, 11) is 0. The van der Waals surface area contributed by atoms with Crippen LogP contribution in [0, 0.1) is 5.82 Å². The summed E-state index contributed by atoms with van der Waals surface area (Å²) in [5.74, 6) is 0.00809. The van der Waals surface area contributed by atoms with E-state index in [9.17, 15) is 9.18 Å². The van der Waals surface area contributed by atoms with E-state index in [0.717, 1.165) is 21.2 Å². The Kier molecular flexibility index (Phi) is 5.02. The molecule has 30 heavy (non-hydrogen) atoms. The molecule has 0 spiro atoms. The molecule has 0 fully saturated rings. The monoisotopic (exact) mass is 435 g/mol. The average Bonchev–Trinajstić information content (AvgIpc) is 3.25. The third-order valence-corrected chi connectivity index (χ3v) is 6.43. The molecule has 0 unspecified atom stereocenters. The van der Waals surface area contributed by atoms with Crippen molar-refractivity contribution < 1.29 is 13.6 Å². The number of hydrogen-bond acceptors (Lipinski definition) is 6. The van der Waals surface area contributed by atoms with E-state index in [2.05, 4.69) is 10.2 Å². The Morgan fingerprint density at radius 1 is 0.933 bits per heavy atom. The van der Waals surface area contributed by atoms with Gasteiger partial charge in [-0.1, -0.05) is 47.8 Å². The van der Waals surface area contributed by atoms with E-state index >= 15 is 0 Å². The molecule has 8 heteroatoms. The number of carbonyl (C=O) groups is 1. The number of rotatable bonds is 4. The minimum absolute atomic E-state index is 0.0817. The van der Waals surface area contributed by atoms with Crippen LogP contribution < -0.4 is 4.90 Å². The fraction of sp³-hybridized carbons (Fsp3) is 0.0455. The summed E-state index contributed by atoms with van der Waals surface area (Å²) in [5, 5.41) is 8.28. The van der Waals surface area contributed by atoms with Crippen LogP contribution in [0.1, 0.15) is 0 Å². The second-order valence-corrected chi connectivity index (χ2v) is 8.45. The third kappa shape index (κ3) is 3.59. The largest absolute Gasteiger partial charge is 0.411 e. The van der Waals surface area contributed by atoms with Crippen molar-refractivity contribution in [3.8, 4) is 11.5 Å². The molecule has 1 aliphatic rings. The van der Waals surface area contributed by atoms with Gasteiger partial charge in [0, 0.05) is 15.4 Å². The molecule has 1 aliphatic heterocycles. The Morgan fingerprint density at radius 2 is 1.57 bits per heavy atom. The van der Waals surface area contributed by atoms with Crippen molar-refractivity contribution in [1.29, 1.82) is 0 Å². The number of thioether (sulfide) groups is 1. The molecule has 3 aromatic carbocycles. The molecule has 5 nitrogen and oxygen atoms in total. The molecule has 0 saturated carbocycles. The molecule has 0 N–H and O–H groups in total. The number of carbonyl (C=O) groups excluding carboxylic acids is 1. The van der Waals surface area contributed by atoms with Gasteiger partial charge in [0.1, 0.15) is 5.82 Å². The number of halogens is 1. The first-order valence-corrected chi connectivity index (χ1v) is 10.9. The van der Waals surface area contributed by atoms with Crippen LogP contribution in [-0.2, 0) is 4.79 Å². The Labute approximate surface area is 180 Å². The zero-order valence-electron chi connectivity index (χ0n) is 15.5. The fourth-order valence-corrected chi connectivity index (χ4v) is 4.81. The zero-order chi connectivity index (χ0) is 20.5. The number of aromatic nitrogens is 2. The number of benzene rings is 3. The van der Waals surface area contributed by atoms with Crippen molar-refractivity contribution >= 4 is 40.8 Å². The molecule has 0 atom stereocenters. The van der Waals surface area contributed by atoms with Gasteiger partial charge < -0.3 is 4.42 Å². The van der Waals surface area contributed by atoms with Crippen LogP contribution >= 0.6 is 23.5 Å². The zero-order valence-corrected chi connectivity index (χ0v) is 17.1. The number of hydrogen-bond donors (Lipinski definition) is 0. The number of para-hydroxylation sites is 2. The maximum absolute atomic E-state index is 13.2. The number of nitrogens with zero attached hydrogens (tertiary/aromatic N) is 3. The van der Waals surface area contributed by atoms with Crippen molar-refractivity contribution in [2.75, 3.05) is 10.7 Å². The lowest BCUT2D eigenvalue weighted by molar-refractivity contribution is -0.115. The molecule has 2 heterocycles. The molecule has 0 saturated heterocycles. The van der Waals surface area contributed by atoms with Gasteiger partial charge in [0.05, 0.1) is 17.1 Å². The topological polar surface area (TPSA) is 59.2 Å². The van der Waals surface area contributed by atoms with Crippen LogP contribution in [0.2, 0.25) is 0 Å². The van der Waals surface area contributed by atoms with Crippen molar-refractivity contribution in [1.82, 2.24) is 10.2 Å². The second kappa shape index (κ2) is 7.97. The first kappa shape index (κ1) is 18.9. The normalized spacial score (nSPS) is 12.4. The van der Waals surface area contributed by atoms with E-state index < -0.39 is 0 Å². The maximum atomic E-state index is 13.2. The van der Waals surface area contributed by atoms with Crippen molar-refractivity contribution in [2.45, 2.75) is 15.0 Å². The number of fused-ring (bicyclic) bond motifs is 2. The highest BCUT2D eigenvalue weighted by Crippen LogP contribution is 2.48. The molecule has 4 aromatic rings. The highest BCUT2D eigenvalue weighted by atomic mass is 32.2. The van der Waals surface area contributed by atoms with E-state index in [1.54, 1.807) is 28.8 Å². The van der Waals surface area contributed by atoms with Gasteiger partial charge in [-0.15, -0.1) is 10.2 Å². The third-order valence-electron chi connectivity index (χ3n) is 4.50. The average molecular weight is 436 g/mol. The van der Waals surface area contributed by atoms with E-state index in [-0.39, 0.29) is 28.6 Å². The Hall–Kier alpha value is -3.10. The summed E-state index contributed by atoms with van der Waals surface area (Å²) >= 11 is 2.83. The predicted molar refractivity (Wildman–Crippen MR) is 115 cm³/mol. The van der Waals surface area contributed by atoms with Gasteiger partial charge in [-0.3, -0.25) is 9.69 Å². The predicted octanol–water partition coefficient (Wildman–Crippen LogP) is 5.80. The lowest BCUT2D eigenvalue weighted by Crippen LogP contribution is -2.29. The van der Waals surface area contributed by atoms with Gasteiger partial charge in [0.25, 0.3) is 5.22 Å². The molecule has 0 aliphatic carbocycles. The van der Waals surface area contributed by atoms with E-state index in [0.29, 0.717) is 5.56 Å². The van der Waals surface area contributed by atoms with Gasteiger partial charge in [0.15, 0.2) is 0 Å². The summed E-state index contributed by atoms with van der Waals surface area (Å²) in [6.07, 6.45) is 0. The van der Waals surface area contributed by atoms with Crippen LogP contribution in [0.15, 0.2) is 92.2 Å². The molecule has 148 valence electrons. The van der Waals surface area contributed by atoms with Crippen molar-refractivity contribution in [3.63, 3.8) is 0 Å². The first-order chi connectivity index (χ1) is 14.7. The number of anilines is 2. The Bertz CT molecular complexity index is 1180. The summed E-state index contributed by atoms with van der Waals surface area (Å²) in [5.41, 5.74) is 2.35. The lowest BCUT2D eigenvalue weighted by Gasteiger charge is -2.30. The number of amides is 1. The first-order valence-electron chi connectivity index (χ1n) is 9.10. The summed E-state index contributed by atoms with van der Waals surface area (Å²) in [6.45, 7) is 0. The van der Waals surface area contributed by atoms with E-state index in [4.69, 9.17) is 4.42 Å². The molecular weight excluding hydrogens is 421 g/mol. The molecule has 0 bridgehead atoms. The molecular formula is C22H14FN3O2S2. The van der Waals surface area contributed by atoms with Crippen LogP contribution in [0.3, 0.4) is 0 Å². The van der Waals surface area contributed by atoms with Gasteiger partial charge in [-0.05, 0) is 48.5 Å². The minimum Gasteiger partial charge on any atom is -0.411 e. The summed E-state index contributed by atoms with van der Waals surface area (Å²) < 4.78 is 18.7. The Morgan fingerprint density at radius 3 is 2.23 bits per heavy atom. The van der Waals surface area contributed by atoms with Crippen LogP contribution in [0.5, 0.6) is 0 Å². The van der Waals surface area contributed by atoms with E-state index in [1.807, 2.05) is 48.5 Å². The quantitative estimate of drug-likeness (QED) is 0.378. The minimum atomic E-state index is -0.335. The molecule has 0 radical (unpaired) electrons. The maximum Gasteiger partial charge on any atom is 0.277 e. The summed E-state index contributed by atoms with van der Waals surface area (Å²) in [4.78, 5) is 17.0. The highest BCUT2D eigenvalue weighted by molar-refractivity contribution is 8.00. The Balaban J connectivity index is 1.36. The van der Waals surface area contributed by atoms with Gasteiger partial charge >= 0.3 is 0 Å². The molecule has 5 rings (SSSR count). The highest BCUT2D eigenvalue weighted by Gasteiger charge is 2.28. The second-order valence-electron chi connectivity index (χ2n) is 6.44. The van der Waals surface area contributed by atoms with Gasteiger partial charge in [0.2, 0.25) is 11.8 Å². The fourth-order valence-electron chi connectivity index (χ4n) is 3.14. The van der Waals surface area contributed by atoms with Crippen molar-refractivity contribution in [3.05, 3.63) is 78.6 Å². The molecule has 1 aromatic heterocycles. The standard InChI is InChI=1S/C22H14FN3O2S2/c23-15-11-9-14(10-12-15)21-24-25-22(28-21)29-13-20(27)26-16-5-1-3-7-18(16)30-19-8-4-2-6-17(19)26/h1-12H,13H2. The lowest BCUT2D eigenvalue weighted by atomic mass is 10.2. The van der Waals surface area contributed by atoms with Crippen molar-refractivity contribution in [2.24, 2.45) is 0 Å².